The Morgan fingerprint density at radius 3 is 2.88 bits per heavy atom. The topological polar surface area (TPSA) is 53.1 Å². The second-order valence-electron chi connectivity index (χ2n) is 3.96. The maximum atomic E-state index is 11.8. The lowest BCUT2D eigenvalue weighted by molar-refractivity contribution is 0.204. The molecule has 1 aromatic carbocycles. The lowest BCUT2D eigenvalue weighted by Gasteiger charge is -2.11. The molecule has 0 spiro atoms. The number of rotatable bonds is 3. The summed E-state index contributed by atoms with van der Waals surface area (Å²) in [6.07, 6.45) is -0.0726. The van der Waals surface area contributed by atoms with Gasteiger partial charge < -0.3 is 10.1 Å². The number of aromatic amines is 1. The van der Waals surface area contributed by atoms with Crippen molar-refractivity contribution < 1.29 is 5.11 Å². The van der Waals surface area contributed by atoms with Crippen molar-refractivity contribution in [2.75, 3.05) is 5.88 Å². The first-order valence-corrected chi connectivity index (χ1v) is 6.09. The summed E-state index contributed by atoms with van der Waals surface area (Å²) in [4.78, 5) is 14.6. The number of nitrogens with one attached hydrogen (secondary N) is 1. The minimum atomic E-state index is -0.761. The van der Waals surface area contributed by atoms with E-state index >= 15 is 0 Å². The third kappa shape index (κ3) is 2.21. The first-order valence-electron chi connectivity index (χ1n) is 5.56. The number of fused-ring (bicyclic) bond motifs is 1. The fraction of sp³-hybridized carbons (Fsp3) is 0.308. The van der Waals surface area contributed by atoms with Gasteiger partial charge in [-0.25, -0.2) is 0 Å². The summed E-state index contributed by atoms with van der Waals surface area (Å²) in [6, 6.07) is 7.40. The van der Waals surface area contributed by atoms with Gasteiger partial charge in [0.1, 0.15) is 0 Å². The van der Waals surface area contributed by atoms with Crippen molar-refractivity contribution in [2.24, 2.45) is 0 Å². The third-order valence-electron chi connectivity index (χ3n) is 2.87. The molecule has 4 heteroatoms. The van der Waals surface area contributed by atoms with Crippen LogP contribution in [0.1, 0.15) is 24.2 Å². The van der Waals surface area contributed by atoms with E-state index in [-0.39, 0.29) is 11.4 Å². The van der Waals surface area contributed by atoms with Crippen LogP contribution in [0.25, 0.3) is 10.9 Å². The fourth-order valence-corrected chi connectivity index (χ4v) is 2.09. The molecule has 0 saturated heterocycles. The lowest BCUT2D eigenvalue weighted by Crippen LogP contribution is -2.13. The molecule has 2 aromatic rings. The van der Waals surface area contributed by atoms with Crippen LogP contribution in [0.5, 0.6) is 0 Å². The van der Waals surface area contributed by atoms with Gasteiger partial charge >= 0.3 is 0 Å². The van der Waals surface area contributed by atoms with Crippen molar-refractivity contribution in [1.82, 2.24) is 4.98 Å². The minimum absolute atomic E-state index is 0.103. The van der Waals surface area contributed by atoms with Gasteiger partial charge in [-0.1, -0.05) is 25.1 Å². The molecule has 0 fully saturated rings. The van der Waals surface area contributed by atoms with Crippen LogP contribution >= 0.6 is 11.6 Å². The Morgan fingerprint density at radius 1 is 1.47 bits per heavy atom. The quantitative estimate of drug-likeness (QED) is 0.823. The number of alkyl halides is 1. The van der Waals surface area contributed by atoms with E-state index in [1.54, 1.807) is 6.07 Å². The van der Waals surface area contributed by atoms with Crippen LogP contribution in [-0.4, -0.2) is 16.0 Å². The van der Waals surface area contributed by atoms with Crippen molar-refractivity contribution in [3.05, 3.63) is 45.7 Å². The van der Waals surface area contributed by atoms with Gasteiger partial charge in [0.2, 0.25) is 0 Å². The third-order valence-corrected chi connectivity index (χ3v) is 3.17. The van der Waals surface area contributed by atoms with Crippen LogP contribution in [0.3, 0.4) is 0 Å². The normalized spacial score (nSPS) is 12.9. The van der Waals surface area contributed by atoms with E-state index in [1.807, 2.05) is 25.1 Å². The van der Waals surface area contributed by atoms with Gasteiger partial charge in [0, 0.05) is 11.1 Å². The highest BCUT2D eigenvalue weighted by atomic mass is 35.5. The summed E-state index contributed by atoms with van der Waals surface area (Å²) in [5.41, 5.74) is 1.98. The Balaban J connectivity index is 2.73. The smallest absolute Gasteiger partial charge is 0.251 e. The van der Waals surface area contributed by atoms with Gasteiger partial charge in [0.05, 0.1) is 17.5 Å². The summed E-state index contributed by atoms with van der Waals surface area (Å²) in [5.74, 6) is 0.108. The summed E-state index contributed by atoms with van der Waals surface area (Å²) >= 11 is 5.64. The predicted molar refractivity (Wildman–Crippen MR) is 69.6 cm³/mol. The van der Waals surface area contributed by atoms with Crippen LogP contribution in [0.2, 0.25) is 0 Å². The Hall–Kier alpha value is -1.32. The average molecular weight is 252 g/mol. The highest BCUT2D eigenvalue weighted by Gasteiger charge is 2.11. The molecule has 2 N–H and O–H groups in total. The number of H-pyrrole nitrogens is 1. The molecule has 1 aromatic heterocycles. The number of benzene rings is 1. The van der Waals surface area contributed by atoms with E-state index in [9.17, 15) is 9.90 Å². The zero-order valence-electron chi connectivity index (χ0n) is 9.53. The van der Waals surface area contributed by atoms with Crippen LogP contribution in [0, 0.1) is 0 Å². The van der Waals surface area contributed by atoms with Crippen molar-refractivity contribution >= 4 is 22.5 Å². The molecular weight excluding hydrogens is 238 g/mol. The zero-order chi connectivity index (χ0) is 12.4. The number of para-hydroxylation sites is 1. The van der Waals surface area contributed by atoms with Crippen LogP contribution in [-0.2, 0) is 6.42 Å². The molecule has 1 unspecified atom stereocenters. The van der Waals surface area contributed by atoms with E-state index in [4.69, 9.17) is 11.6 Å². The number of aliphatic hydroxyl groups excluding tert-OH is 1. The van der Waals surface area contributed by atoms with Crippen LogP contribution in [0.15, 0.2) is 29.1 Å². The van der Waals surface area contributed by atoms with Gasteiger partial charge in [-0.05, 0) is 17.9 Å². The maximum Gasteiger partial charge on any atom is 0.251 e. The Morgan fingerprint density at radius 2 is 2.24 bits per heavy atom. The number of hydrogen-bond acceptors (Lipinski definition) is 2. The van der Waals surface area contributed by atoms with Gasteiger partial charge in [-0.2, -0.15) is 0 Å². The largest absolute Gasteiger partial charge is 0.387 e. The van der Waals surface area contributed by atoms with E-state index < -0.39 is 6.10 Å². The van der Waals surface area contributed by atoms with Gasteiger partial charge in [-0.15, -0.1) is 11.6 Å². The average Bonchev–Trinajstić information content (AvgIpc) is 2.36. The van der Waals surface area contributed by atoms with Crippen molar-refractivity contribution in [3.63, 3.8) is 0 Å². The molecule has 90 valence electrons. The van der Waals surface area contributed by atoms with Gasteiger partial charge in [0.15, 0.2) is 0 Å². The number of halogens is 1. The first kappa shape index (κ1) is 12.1. The SMILES string of the molecule is CCc1cc2cccc(C(O)CCl)c2[nH]c1=O. The molecule has 0 saturated carbocycles. The molecule has 1 heterocycles. The summed E-state index contributed by atoms with van der Waals surface area (Å²) in [6.45, 7) is 1.94. The Bertz CT molecular complexity index is 591. The Kier molecular flexibility index (Phi) is 3.50. The summed E-state index contributed by atoms with van der Waals surface area (Å²) in [5, 5.41) is 10.7. The van der Waals surface area contributed by atoms with E-state index in [2.05, 4.69) is 4.98 Å². The highest BCUT2D eigenvalue weighted by Crippen LogP contribution is 2.23. The van der Waals surface area contributed by atoms with E-state index in [1.165, 1.54) is 0 Å². The zero-order valence-corrected chi connectivity index (χ0v) is 10.3. The number of aliphatic hydroxyl groups is 1. The van der Waals surface area contributed by atoms with E-state index in [0.717, 1.165) is 10.9 Å². The maximum absolute atomic E-state index is 11.8. The lowest BCUT2D eigenvalue weighted by atomic mass is 10.0. The Labute approximate surface area is 104 Å². The van der Waals surface area contributed by atoms with Crippen molar-refractivity contribution in [3.8, 4) is 0 Å². The molecule has 0 bridgehead atoms. The molecule has 0 amide bonds. The second kappa shape index (κ2) is 4.90. The van der Waals surface area contributed by atoms with Crippen LogP contribution < -0.4 is 5.56 Å². The second-order valence-corrected chi connectivity index (χ2v) is 4.27. The summed E-state index contributed by atoms with van der Waals surface area (Å²) < 4.78 is 0. The van der Waals surface area contributed by atoms with Crippen molar-refractivity contribution in [1.29, 1.82) is 0 Å². The number of aryl methyl sites for hydroxylation is 1. The first-order chi connectivity index (χ1) is 8.17. The van der Waals surface area contributed by atoms with Gasteiger partial charge in [0.25, 0.3) is 5.56 Å². The monoisotopic (exact) mass is 251 g/mol. The predicted octanol–water partition coefficient (Wildman–Crippen LogP) is 2.36. The number of aromatic nitrogens is 1. The molecular formula is C13H14ClNO2. The minimum Gasteiger partial charge on any atom is -0.387 e. The molecule has 3 nitrogen and oxygen atoms in total. The summed E-state index contributed by atoms with van der Waals surface area (Å²) in [7, 11) is 0. The van der Waals surface area contributed by atoms with Crippen LogP contribution in [0.4, 0.5) is 0 Å². The number of pyridine rings is 1. The molecule has 0 radical (unpaired) electrons. The standard InChI is InChI=1S/C13H14ClNO2/c1-2-8-6-9-4-3-5-10(11(16)7-14)12(9)15-13(8)17/h3-6,11,16H,2,7H2,1H3,(H,15,17). The highest BCUT2D eigenvalue weighted by molar-refractivity contribution is 6.18. The number of hydrogen-bond donors (Lipinski definition) is 2. The van der Waals surface area contributed by atoms with Gasteiger partial charge in [-0.3, -0.25) is 4.79 Å². The molecule has 0 aliphatic carbocycles. The molecule has 1 atom stereocenters. The molecule has 2 rings (SSSR count). The fourth-order valence-electron chi connectivity index (χ4n) is 1.92. The molecule has 0 aliphatic heterocycles. The molecule has 0 aliphatic rings. The van der Waals surface area contributed by atoms with Crippen molar-refractivity contribution in [2.45, 2.75) is 19.4 Å². The molecule has 17 heavy (non-hydrogen) atoms. The van der Waals surface area contributed by atoms with E-state index in [0.29, 0.717) is 17.5 Å².